The van der Waals surface area contributed by atoms with Gasteiger partial charge in [-0.25, -0.2) is 0 Å². The Bertz CT molecular complexity index is 1260. The third-order valence-corrected chi connectivity index (χ3v) is 6.96. The van der Waals surface area contributed by atoms with Crippen molar-refractivity contribution in [3.63, 3.8) is 0 Å². The largest absolute Gasteiger partial charge is 0.368 e. The van der Waals surface area contributed by atoms with Crippen LogP contribution in [0.3, 0.4) is 0 Å². The number of hydrogen-bond donors (Lipinski definition) is 2. The highest BCUT2D eigenvalue weighted by molar-refractivity contribution is 5.96. The van der Waals surface area contributed by atoms with E-state index < -0.39 is 17.4 Å². The maximum absolute atomic E-state index is 14.0. The summed E-state index contributed by atoms with van der Waals surface area (Å²) in [5, 5.41) is 3.06. The third kappa shape index (κ3) is 3.48. The number of primary amides is 1. The number of benzene rings is 4. The average molecular weight is 447 g/mol. The molecule has 3 N–H and O–H groups in total. The summed E-state index contributed by atoms with van der Waals surface area (Å²) < 4.78 is 0. The first-order valence-electron chi connectivity index (χ1n) is 11.4. The Morgan fingerprint density at radius 3 is 1.56 bits per heavy atom. The number of amides is 2. The average Bonchev–Trinajstić information content (AvgIpc) is 3.21. The molecule has 0 saturated carbocycles. The quantitative estimate of drug-likeness (QED) is 0.448. The fourth-order valence-electron chi connectivity index (χ4n) is 5.13. The Morgan fingerprint density at radius 2 is 1.12 bits per heavy atom. The monoisotopic (exact) mass is 446 g/mol. The first kappa shape index (κ1) is 21.7. The normalized spacial score (nSPS) is 13.6. The molecule has 4 aromatic carbocycles. The molecule has 1 aliphatic carbocycles. The molecule has 0 unspecified atom stereocenters. The van der Waals surface area contributed by atoms with Crippen LogP contribution in [0.2, 0.25) is 0 Å². The molecule has 1 atom stereocenters. The molecular weight excluding hydrogens is 420 g/mol. The van der Waals surface area contributed by atoms with Crippen molar-refractivity contribution in [2.45, 2.75) is 24.3 Å². The molecule has 1 aliphatic rings. The topological polar surface area (TPSA) is 72.2 Å². The van der Waals surface area contributed by atoms with Gasteiger partial charge in [-0.05, 0) is 40.3 Å². The van der Waals surface area contributed by atoms with E-state index >= 15 is 0 Å². The standard InChI is InChI=1S/C30H26N2O2/c1-30(20-12-4-2-5-13-20,21-14-6-3-7-15-21)29(34)32-27(28(31)33)26-24-18-10-8-16-22(24)23-17-9-11-19-25(23)26/h2-19,26-27H,1H3,(H2,31,33)(H,32,34)/t27-/m0/s1. The van der Waals surface area contributed by atoms with Crippen molar-refractivity contribution in [3.05, 3.63) is 131 Å². The summed E-state index contributed by atoms with van der Waals surface area (Å²) in [6.45, 7) is 1.89. The molecule has 5 rings (SSSR count). The first-order chi connectivity index (χ1) is 16.5. The van der Waals surface area contributed by atoms with Gasteiger partial charge < -0.3 is 11.1 Å². The minimum Gasteiger partial charge on any atom is -0.368 e. The van der Waals surface area contributed by atoms with Crippen LogP contribution in [0.25, 0.3) is 11.1 Å². The minimum atomic E-state index is -1.01. The Kier molecular flexibility index (Phi) is 5.50. The van der Waals surface area contributed by atoms with Crippen molar-refractivity contribution in [2.75, 3.05) is 0 Å². The Balaban J connectivity index is 1.59. The second-order valence-corrected chi connectivity index (χ2v) is 8.86. The van der Waals surface area contributed by atoms with Crippen LogP contribution in [0.1, 0.15) is 35.1 Å². The molecule has 0 radical (unpaired) electrons. The number of carbonyl (C=O) groups excluding carboxylic acids is 2. The van der Waals surface area contributed by atoms with Crippen LogP contribution in [0, 0.1) is 0 Å². The summed E-state index contributed by atoms with van der Waals surface area (Å²) in [6.07, 6.45) is 0. The van der Waals surface area contributed by atoms with Gasteiger partial charge in [0.2, 0.25) is 11.8 Å². The van der Waals surface area contributed by atoms with Crippen LogP contribution in [0.5, 0.6) is 0 Å². The zero-order chi connectivity index (χ0) is 23.7. The van der Waals surface area contributed by atoms with Crippen LogP contribution >= 0.6 is 0 Å². The minimum absolute atomic E-state index is 0.268. The van der Waals surface area contributed by atoms with Crippen molar-refractivity contribution in [2.24, 2.45) is 5.73 Å². The molecule has 0 aromatic heterocycles. The summed E-state index contributed by atoms with van der Waals surface area (Å²) in [7, 11) is 0. The van der Waals surface area contributed by atoms with Gasteiger partial charge in [-0.3, -0.25) is 9.59 Å². The van der Waals surface area contributed by atoms with Gasteiger partial charge in [0.25, 0.3) is 0 Å². The van der Waals surface area contributed by atoms with E-state index in [1.807, 2.05) is 116 Å². The van der Waals surface area contributed by atoms with E-state index in [4.69, 9.17) is 5.73 Å². The van der Waals surface area contributed by atoms with Gasteiger partial charge >= 0.3 is 0 Å². The van der Waals surface area contributed by atoms with Gasteiger partial charge in [-0.2, -0.15) is 0 Å². The first-order valence-corrected chi connectivity index (χ1v) is 11.4. The second-order valence-electron chi connectivity index (χ2n) is 8.86. The second kappa shape index (κ2) is 8.64. The van der Waals surface area contributed by atoms with Gasteiger partial charge in [-0.1, -0.05) is 109 Å². The van der Waals surface area contributed by atoms with E-state index in [2.05, 4.69) is 5.32 Å². The fourth-order valence-corrected chi connectivity index (χ4v) is 5.13. The molecule has 4 nitrogen and oxygen atoms in total. The van der Waals surface area contributed by atoms with Crippen LogP contribution in [-0.2, 0) is 15.0 Å². The van der Waals surface area contributed by atoms with Gasteiger partial charge in [0, 0.05) is 5.92 Å². The molecule has 4 heteroatoms. The molecule has 2 amide bonds. The van der Waals surface area contributed by atoms with Crippen molar-refractivity contribution >= 4 is 11.8 Å². The number of fused-ring (bicyclic) bond motifs is 3. The lowest BCUT2D eigenvalue weighted by atomic mass is 9.75. The predicted molar refractivity (Wildman–Crippen MR) is 134 cm³/mol. The predicted octanol–water partition coefficient (Wildman–Crippen LogP) is 4.78. The molecule has 168 valence electrons. The number of hydrogen-bond acceptors (Lipinski definition) is 2. The Hall–Kier alpha value is -4.18. The van der Waals surface area contributed by atoms with E-state index in [1.165, 1.54) is 0 Å². The van der Waals surface area contributed by atoms with E-state index in [0.717, 1.165) is 33.4 Å². The molecule has 0 bridgehead atoms. The van der Waals surface area contributed by atoms with E-state index in [1.54, 1.807) is 0 Å². The Labute approximate surface area is 199 Å². The maximum Gasteiger partial charge on any atom is 0.240 e. The fraction of sp³-hybridized carbons (Fsp3) is 0.133. The molecule has 0 aliphatic heterocycles. The van der Waals surface area contributed by atoms with Gasteiger partial charge in [0.15, 0.2) is 0 Å². The summed E-state index contributed by atoms with van der Waals surface area (Å²) in [5.41, 5.74) is 10.7. The molecular formula is C30H26N2O2. The third-order valence-electron chi connectivity index (χ3n) is 6.96. The highest BCUT2D eigenvalue weighted by atomic mass is 16.2. The van der Waals surface area contributed by atoms with Crippen molar-refractivity contribution in [1.29, 1.82) is 0 Å². The summed E-state index contributed by atoms with van der Waals surface area (Å²) in [5.74, 6) is -1.19. The molecule has 0 spiro atoms. The van der Waals surface area contributed by atoms with Crippen molar-refractivity contribution < 1.29 is 9.59 Å². The SMILES string of the molecule is CC(C(=O)N[C@H](C(N)=O)C1c2ccccc2-c2ccccc21)(c1ccccc1)c1ccccc1. The van der Waals surface area contributed by atoms with Gasteiger partial charge in [0.05, 0.1) is 5.41 Å². The number of carbonyl (C=O) groups is 2. The summed E-state index contributed by atoms with van der Waals surface area (Å²) in [6, 6.07) is 34.3. The van der Waals surface area contributed by atoms with Crippen molar-refractivity contribution in [3.8, 4) is 11.1 Å². The molecule has 34 heavy (non-hydrogen) atoms. The van der Waals surface area contributed by atoms with Gasteiger partial charge in [-0.15, -0.1) is 0 Å². The maximum atomic E-state index is 14.0. The number of nitrogens with one attached hydrogen (secondary N) is 1. The van der Waals surface area contributed by atoms with Crippen LogP contribution in [0.15, 0.2) is 109 Å². The zero-order valence-electron chi connectivity index (χ0n) is 18.9. The van der Waals surface area contributed by atoms with E-state index in [9.17, 15) is 9.59 Å². The van der Waals surface area contributed by atoms with E-state index in [-0.39, 0.29) is 11.8 Å². The lowest BCUT2D eigenvalue weighted by molar-refractivity contribution is -0.130. The molecule has 4 aromatic rings. The van der Waals surface area contributed by atoms with Gasteiger partial charge in [0.1, 0.15) is 6.04 Å². The zero-order valence-corrected chi connectivity index (χ0v) is 18.9. The highest BCUT2D eigenvalue weighted by Gasteiger charge is 2.43. The van der Waals surface area contributed by atoms with Crippen LogP contribution in [0.4, 0.5) is 0 Å². The smallest absolute Gasteiger partial charge is 0.240 e. The number of rotatable bonds is 6. The van der Waals surface area contributed by atoms with Crippen molar-refractivity contribution in [1.82, 2.24) is 5.32 Å². The molecule has 0 heterocycles. The lowest BCUT2D eigenvalue weighted by Gasteiger charge is -2.33. The molecule has 0 saturated heterocycles. The highest BCUT2D eigenvalue weighted by Crippen LogP contribution is 2.46. The van der Waals surface area contributed by atoms with Crippen LogP contribution < -0.4 is 11.1 Å². The van der Waals surface area contributed by atoms with Crippen LogP contribution in [-0.4, -0.2) is 17.9 Å². The summed E-state index contributed by atoms with van der Waals surface area (Å²) in [4.78, 5) is 26.9. The molecule has 0 fully saturated rings. The Morgan fingerprint density at radius 1 is 0.706 bits per heavy atom. The number of nitrogens with two attached hydrogens (primary N) is 1. The van der Waals surface area contributed by atoms with E-state index in [0.29, 0.717) is 0 Å². The summed E-state index contributed by atoms with van der Waals surface area (Å²) >= 11 is 0. The lowest BCUT2D eigenvalue weighted by Crippen LogP contribution is -2.54.